The number of carbonyl (C=O) groups excluding carboxylic acids is 4. The maximum Gasteiger partial charge on any atom is 0.343 e. The highest BCUT2D eigenvalue weighted by Gasteiger charge is 2.15. The third-order valence-corrected chi connectivity index (χ3v) is 7.76. The second-order valence-corrected chi connectivity index (χ2v) is 11.4. The predicted molar refractivity (Wildman–Crippen MR) is 190 cm³/mol. The molecule has 0 fully saturated rings. The highest BCUT2D eigenvalue weighted by molar-refractivity contribution is 5.98. The smallest absolute Gasteiger partial charge is 0.343 e. The van der Waals surface area contributed by atoms with Crippen LogP contribution in [0.1, 0.15) is 52.0 Å². The summed E-state index contributed by atoms with van der Waals surface area (Å²) in [6.45, 7) is 9.49. The number of hydrogen-bond donors (Lipinski definition) is 0. The molecule has 0 aliphatic rings. The van der Waals surface area contributed by atoms with E-state index in [0.717, 1.165) is 65.1 Å². The second kappa shape index (κ2) is 16.7. The maximum atomic E-state index is 13.0. The fraction of sp³-hybridized carbons (Fsp3) is 0.171. The molecule has 0 saturated heterocycles. The Kier molecular flexibility index (Phi) is 11.8. The molecular weight excluding hydrogens is 636 g/mol. The first-order valence-electron chi connectivity index (χ1n) is 16.1. The van der Waals surface area contributed by atoms with Crippen molar-refractivity contribution >= 4 is 45.4 Å². The zero-order valence-electron chi connectivity index (χ0n) is 27.6. The summed E-state index contributed by atoms with van der Waals surface area (Å²) in [5.74, 6) is -0.266. The van der Waals surface area contributed by atoms with Gasteiger partial charge in [-0.05, 0) is 126 Å². The van der Waals surface area contributed by atoms with E-state index in [-0.39, 0.29) is 0 Å². The molecule has 0 amide bonds. The first-order chi connectivity index (χ1) is 24.2. The number of hydrogen-bond acceptors (Lipinski definition) is 9. The summed E-state index contributed by atoms with van der Waals surface area (Å²) >= 11 is 0. The molecule has 0 bridgehead atoms. The van der Waals surface area contributed by atoms with Crippen molar-refractivity contribution in [2.24, 2.45) is 0 Å². The van der Waals surface area contributed by atoms with E-state index in [0.29, 0.717) is 47.2 Å². The van der Waals surface area contributed by atoms with Crippen molar-refractivity contribution in [2.75, 3.05) is 13.2 Å². The lowest BCUT2D eigenvalue weighted by Crippen LogP contribution is -2.10. The summed E-state index contributed by atoms with van der Waals surface area (Å²) in [5, 5.41) is 3.34. The van der Waals surface area contributed by atoms with Crippen molar-refractivity contribution in [1.82, 2.24) is 0 Å². The van der Waals surface area contributed by atoms with Gasteiger partial charge < -0.3 is 23.7 Å². The average molecular weight is 673 g/mol. The SMILES string of the molecule is C=CC(=O)OCCCCCCOc1ccc2cc(C(=O)Oc3ccc(OC(=O)c4ccc5cc(OC(=O)C=C)ccc5c4)c(C)c3)ccc2c1. The standard InChI is InChI=1S/C41H36O9/c1-4-38(42)47-21-9-7-6-8-20-46-34-16-14-28-23-32(12-10-30(28)25-34)40(44)49-35-18-19-37(27(3)22-35)50-41(45)33-13-11-31-26-36(48-39(43)5-2)17-15-29(31)24-33/h4-5,10-19,22-26H,1-2,6-9,20-21H2,3H3. The van der Waals surface area contributed by atoms with E-state index < -0.39 is 23.9 Å². The topological polar surface area (TPSA) is 114 Å². The Balaban J connectivity index is 1.12. The van der Waals surface area contributed by atoms with E-state index in [9.17, 15) is 19.2 Å². The van der Waals surface area contributed by atoms with Crippen LogP contribution in [0.4, 0.5) is 0 Å². The molecule has 0 unspecified atom stereocenters. The van der Waals surface area contributed by atoms with Gasteiger partial charge in [0.1, 0.15) is 23.0 Å². The Hall–Kier alpha value is -6.22. The Morgan fingerprint density at radius 2 is 1.06 bits per heavy atom. The van der Waals surface area contributed by atoms with Gasteiger partial charge in [0.05, 0.1) is 24.3 Å². The average Bonchev–Trinajstić information content (AvgIpc) is 3.13. The number of unbranched alkanes of at least 4 members (excludes halogenated alkanes) is 3. The van der Waals surface area contributed by atoms with Crippen LogP contribution in [-0.4, -0.2) is 37.1 Å². The summed E-state index contributed by atoms with van der Waals surface area (Å²) in [5.41, 5.74) is 1.34. The van der Waals surface area contributed by atoms with Crippen LogP contribution < -0.4 is 18.9 Å². The van der Waals surface area contributed by atoms with Gasteiger partial charge in [0, 0.05) is 12.2 Å². The molecule has 0 aromatic heterocycles. The molecule has 0 aliphatic carbocycles. The molecule has 0 aliphatic heterocycles. The maximum absolute atomic E-state index is 13.0. The van der Waals surface area contributed by atoms with Crippen LogP contribution >= 0.6 is 0 Å². The van der Waals surface area contributed by atoms with E-state index in [1.807, 2.05) is 24.3 Å². The minimum Gasteiger partial charge on any atom is -0.494 e. The van der Waals surface area contributed by atoms with Gasteiger partial charge in [-0.2, -0.15) is 0 Å². The molecule has 9 nitrogen and oxygen atoms in total. The van der Waals surface area contributed by atoms with E-state index in [2.05, 4.69) is 13.2 Å². The molecule has 0 N–H and O–H groups in total. The molecule has 5 aromatic carbocycles. The van der Waals surface area contributed by atoms with Crippen LogP contribution in [0, 0.1) is 6.92 Å². The third kappa shape index (κ3) is 9.44. The molecule has 254 valence electrons. The molecule has 5 rings (SSSR count). The predicted octanol–water partition coefficient (Wildman–Crippen LogP) is 8.50. The zero-order valence-corrected chi connectivity index (χ0v) is 27.6. The molecular formula is C41H36O9. The van der Waals surface area contributed by atoms with Gasteiger partial charge in [-0.25, -0.2) is 19.2 Å². The Bertz CT molecular complexity index is 2080. The quantitative estimate of drug-likeness (QED) is 0.0467. The first kappa shape index (κ1) is 35.1. The molecule has 50 heavy (non-hydrogen) atoms. The molecule has 0 heterocycles. The zero-order chi connectivity index (χ0) is 35.5. The first-order valence-corrected chi connectivity index (χ1v) is 16.1. The Labute approximate surface area is 289 Å². The number of ether oxygens (including phenoxy) is 5. The van der Waals surface area contributed by atoms with Gasteiger partial charge >= 0.3 is 23.9 Å². The fourth-order valence-electron chi connectivity index (χ4n) is 5.12. The number of benzene rings is 5. The highest BCUT2D eigenvalue weighted by atomic mass is 16.5. The van der Waals surface area contributed by atoms with Crippen molar-refractivity contribution in [3.63, 3.8) is 0 Å². The fourth-order valence-corrected chi connectivity index (χ4v) is 5.12. The normalized spacial score (nSPS) is 10.7. The summed E-state index contributed by atoms with van der Waals surface area (Å²) in [4.78, 5) is 48.5. The lowest BCUT2D eigenvalue weighted by Gasteiger charge is -2.11. The van der Waals surface area contributed by atoms with Crippen LogP contribution in [0.15, 0.2) is 116 Å². The Morgan fingerprint density at radius 1 is 0.540 bits per heavy atom. The largest absolute Gasteiger partial charge is 0.494 e. The van der Waals surface area contributed by atoms with Gasteiger partial charge in [0.2, 0.25) is 0 Å². The molecule has 9 heteroatoms. The van der Waals surface area contributed by atoms with E-state index in [4.69, 9.17) is 23.7 Å². The van der Waals surface area contributed by atoms with E-state index in [1.54, 1.807) is 73.7 Å². The second-order valence-electron chi connectivity index (χ2n) is 11.4. The van der Waals surface area contributed by atoms with Gasteiger partial charge in [-0.1, -0.05) is 37.4 Å². The van der Waals surface area contributed by atoms with Gasteiger partial charge in [-0.15, -0.1) is 0 Å². The van der Waals surface area contributed by atoms with Crippen LogP contribution in [0.2, 0.25) is 0 Å². The van der Waals surface area contributed by atoms with E-state index >= 15 is 0 Å². The van der Waals surface area contributed by atoms with E-state index in [1.165, 1.54) is 0 Å². The number of aryl methyl sites for hydroxylation is 1. The van der Waals surface area contributed by atoms with Gasteiger partial charge in [-0.3, -0.25) is 0 Å². The van der Waals surface area contributed by atoms with Crippen LogP contribution in [0.25, 0.3) is 21.5 Å². The van der Waals surface area contributed by atoms with Crippen molar-refractivity contribution in [2.45, 2.75) is 32.6 Å². The lowest BCUT2D eigenvalue weighted by molar-refractivity contribution is -0.137. The number of esters is 4. The summed E-state index contributed by atoms with van der Waals surface area (Å²) < 4.78 is 27.3. The molecule has 0 radical (unpaired) electrons. The number of carbonyl (C=O) groups is 4. The van der Waals surface area contributed by atoms with Crippen LogP contribution in [0.5, 0.6) is 23.0 Å². The third-order valence-electron chi connectivity index (χ3n) is 7.76. The minimum absolute atomic E-state index is 0.313. The van der Waals surface area contributed by atoms with Gasteiger partial charge in [0.25, 0.3) is 0 Å². The minimum atomic E-state index is -0.557. The number of fused-ring (bicyclic) bond motifs is 2. The molecule has 0 atom stereocenters. The van der Waals surface area contributed by atoms with Crippen molar-refractivity contribution in [1.29, 1.82) is 0 Å². The van der Waals surface area contributed by atoms with Crippen LogP contribution in [-0.2, 0) is 14.3 Å². The number of rotatable bonds is 15. The monoisotopic (exact) mass is 672 g/mol. The lowest BCUT2D eigenvalue weighted by atomic mass is 10.1. The van der Waals surface area contributed by atoms with Gasteiger partial charge in [0.15, 0.2) is 0 Å². The highest BCUT2D eigenvalue weighted by Crippen LogP contribution is 2.28. The summed E-state index contributed by atoms with van der Waals surface area (Å²) in [6.07, 6.45) is 5.83. The molecule has 0 saturated carbocycles. The summed E-state index contributed by atoms with van der Waals surface area (Å²) in [7, 11) is 0. The summed E-state index contributed by atoms with van der Waals surface area (Å²) in [6, 6.07) is 25.9. The Morgan fingerprint density at radius 3 is 1.70 bits per heavy atom. The molecule has 5 aromatic rings. The van der Waals surface area contributed by atoms with Crippen molar-refractivity contribution < 1.29 is 42.9 Å². The van der Waals surface area contributed by atoms with Crippen molar-refractivity contribution in [3.05, 3.63) is 133 Å². The molecule has 0 spiro atoms. The van der Waals surface area contributed by atoms with Crippen molar-refractivity contribution in [3.8, 4) is 23.0 Å². The van der Waals surface area contributed by atoms with Crippen LogP contribution in [0.3, 0.4) is 0 Å².